The minimum Gasteiger partial charge on any atom is -0.489 e. The smallest absolute Gasteiger partial charge is 0.227 e. The Bertz CT molecular complexity index is 827. The summed E-state index contributed by atoms with van der Waals surface area (Å²) in [6.45, 7) is 8.72. The molecule has 1 saturated heterocycles. The fourth-order valence-electron chi connectivity index (χ4n) is 3.84. The fraction of sp³-hybridized carbons (Fsp3) is 0.522. The molecule has 1 fully saturated rings. The van der Waals surface area contributed by atoms with Crippen LogP contribution in [0.15, 0.2) is 36.5 Å². The van der Waals surface area contributed by atoms with E-state index in [0.717, 1.165) is 43.2 Å². The van der Waals surface area contributed by atoms with Gasteiger partial charge in [-0.1, -0.05) is 19.1 Å². The largest absolute Gasteiger partial charge is 0.489 e. The Morgan fingerprint density at radius 3 is 2.77 bits per heavy atom. The van der Waals surface area contributed by atoms with Gasteiger partial charge in [0.05, 0.1) is 13.2 Å². The second-order valence-electron chi connectivity index (χ2n) is 7.87. The zero-order valence-corrected chi connectivity index (χ0v) is 18.1. The number of aliphatic hydroxyl groups is 1. The van der Waals surface area contributed by atoms with Gasteiger partial charge in [-0.25, -0.2) is 4.98 Å². The molecule has 0 spiro atoms. The summed E-state index contributed by atoms with van der Waals surface area (Å²) in [5, 5.41) is 9.23. The van der Waals surface area contributed by atoms with Crippen molar-refractivity contribution in [1.29, 1.82) is 0 Å². The molecular weight excluding hydrogens is 380 g/mol. The molecule has 1 aliphatic heterocycles. The highest BCUT2D eigenvalue weighted by molar-refractivity contribution is 5.76. The molecular formula is C23H32N4O3. The lowest BCUT2D eigenvalue weighted by molar-refractivity contribution is -0.117. The number of ketones is 1. The van der Waals surface area contributed by atoms with Crippen LogP contribution in [0.3, 0.4) is 0 Å². The molecule has 0 radical (unpaired) electrons. The third kappa shape index (κ3) is 5.69. The maximum absolute atomic E-state index is 11.3. The highest BCUT2D eigenvalue weighted by Gasteiger charge is 2.25. The molecule has 1 aliphatic rings. The molecule has 1 N–H and O–H groups in total. The van der Waals surface area contributed by atoms with E-state index in [1.54, 1.807) is 13.1 Å². The number of carbonyl (C=O) groups excluding carboxylic acids is 1. The highest BCUT2D eigenvalue weighted by atomic mass is 16.5. The fourth-order valence-corrected chi connectivity index (χ4v) is 3.84. The van der Waals surface area contributed by atoms with E-state index < -0.39 is 0 Å². The average Bonchev–Trinajstić information content (AvgIpc) is 3.20. The maximum Gasteiger partial charge on any atom is 0.227 e. The zero-order chi connectivity index (χ0) is 21.5. The molecule has 7 nitrogen and oxygen atoms in total. The van der Waals surface area contributed by atoms with Gasteiger partial charge in [0, 0.05) is 38.7 Å². The first-order chi connectivity index (χ1) is 14.5. The van der Waals surface area contributed by atoms with Gasteiger partial charge in [-0.15, -0.1) is 0 Å². The summed E-state index contributed by atoms with van der Waals surface area (Å²) >= 11 is 0. The minimum atomic E-state index is 0.0768. The summed E-state index contributed by atoms with van der Waals surface area (Å²) in [6, 6.07) is 10.0. The Morgan fingerprint density at radius 2 is 2.10 bits per heavy atom. The number of anilines is 2. The Balaban J connectivity index is 1.59. The number of ether oxygens (including phenoxy) is 1. The maximum atomic E-state index is 11.3. The van der Waals surface area contributed by atoms with Gasteiger partial charge in [-0.2, -0.15) is 4.98 Å². The van der Waals surface area contributed by atoms with E-state index in [2.05, 4.69) is 21.8 Å². The van der Waals surface area contributed by atoms with E-state index in [-0.39, 0.29) is 24.4 Å². The normalized spacial score (nSPS) is 17.1. The molecule has 1 aromatic carbocycles. The Labute approximate surface area is 178 Å². The van der Waals surface area contributed by atoms with Gasteiger partial charge in [-0.05, 0) is 43.5 Å². The van der Waals surface area contributed by atoms with Gasteiger partial charge >= 0.3 is 0 Å². The number of nitrogens with zero attached hydrogens (tertiary/aromatic N) is 4. The van der Waals surface area contributed by atoms with Crippen molar-refractivity contribution in [3.8, 4) is 5.75 Å². The summed E-state index contributed by atoms with van der Waals surface area (Å²) in [5.41, 5.74) is 1.16. The molecule has 0 saturated carbocycles. The van der Waals surface area contributed by atoms with E-state index in [4.69, 9.17) is 4.74 Å². The highest BCUT2D eigenvalue weighted by Crippen LogP contribution is 2.26. The molecule has 162 valence electrons. The van der Waals surface area contributed by atoms with Gasteiger partial charge in [0.1, 0.15) is 23.5 Å². The van der Waals surface area contributed by atoms with Crippen molar-refractivity contribution >= 4 is 17.5 Å². The van der Waals surface area contributed by atoms with Gasteiger partial charge in [-0.3, -0.25) is 0 Å². The predicted octanol–water partition coefficient (Wildman–Crippen LogP) is 3.04. The lowest BCUT2D eigenvalue weighted by Crippen LogP contribution is -2.29. The van der Waals surface area contributed by atoms with E-state index in [9.17, 15) is 9.90 Å². The summed E-state index contributed by atoms with van der Waals surface area (Å²) in [4.78, 5) is 24.5. The summed E-state index contributed by atoms with van der Waals surface area (Å²) in [7, 11) is 0. The Hall–Kier alpha value is -2.67. The zero-order valence-electron chi connectivity index (χ0n) is 18.1. The van der Waals surface area contributed by atoms with E-state index >= 15 is 0 Å². The van der Waals surface area contributed by atoms with Crippen molar-refractivity contribution in [3.63, 3.8) is 0 Å². The van der Waals surface area contributed by atoms with E-state index in [1.807, 2.05) is 42.2 Å². The van der Waals surface area contributed by atoms with E-state index in [0.29, 0.717) is 18.9 Å². The molecule has 3 rings (SSSR count). The third-order valence-electron chi connectivity index (χ3n) is 5.48. The van der Waals surface area contributed by atoms with Crippen LogP contribution >= 0.6 is 0 Å². The number of likely N-dealkylation sites (N-methyl/N-ethyl adjacent to an activating group) is 1. The van der Waals surface area contributed by atoms with Crippen LogP contribution in [0.5, 0.6) is 5.75 Å². The summed E-state index contributed by atoms with van der Waals surface area (Å²) < 4.78 is 6.18. The van der Waals surface area contributed by atoms with Gasteiger partial charge < -0.3 is 24.4 Å². The lowest BCUT2D eigenvalue weighted by Gasteiger charge is -2.22. The first kappa shape index (κ1) is 22.0. The molecule has 0 aliphatic carbocycles. The van der Waals surface area contributed by atoms with Crippen LogP contribution in [-0.2, 0) is 4.79 Å². The van der Waals surface area contributed by atoms with Crippen molar-refractivity contribution in [3.05, 3.63) is 42.1 Å². The van der Waals surface area contributed by atoms with Crippen LogP contribution in [0.1, 0.15) is 45.1 Å². The van der Waals surface area contributed by atoms with Crippen molar-refractivity contribution in [1.82, 2.24) is 9.97 Å². The number of aliphatic hydroxyl groups excluding tert-OH is 1. The molecule has 2 aromatic rings. The topological polar surface area (TPSA) is 78.8 Å². The minimum absolute atomic E-state index is 0.0768. The first-order valence-electron chi connectivity index (χ1n) is 10.7. The number of benzene rings is 1. The van der Waals surface area contributed by atoms with Gasteiger partial charge in [0.15, 0.2) is 0 Å². The Morgan fingerprint density at radius 1 is 1.33 bits per heavy atom. The van der Waals surface area contributed by atoms with Crippen molar-refractivity contribution in [2.24, 2.45) is 0 Å². The van der Waals surface area contributed by atoms with Crippen LogP contribution in [0.2, 0.25) is 0 Å². The number of hydrogen-bond donors (Lipinski definition) is 1. The molecule has 2 atom stereocenters. The van der Waals surface area contributed by atoms with Gasteiger partial charge in [0.2, 0.25) is 5.95 Å². The summed E-state index contributed by atoms with van der Waals surface area (Å²) in [5.74, 6) is 2.81. The lowest BCUT2D eigenvalue weighted by atomic mass is 9.96. The molecule has 7 heteroatoms. The van der Waals surface area contributed by atoms with Gasteiger partial charge in [0.25, 0.3) is 0 Å². The van der Waals surface area contributed by atoms with Crippen molar-refractivity contribution in [2.75, 3.05) is 42.6 Å². The molecule has 0 unspecified atom stereocenters. The molecule has 2 heterocycles. The predicted molar refractivity (Wildman–Crippen MR) is 118 cm³/mol. The van der Waals surface area contributed by atoms with Crippen LogP contribution in [0.4, 0.5) is 11.8 Å². The van der Waals surface area contributed by atoms with Crippen molar-refractivity contribution in [2.45, 2.75) is 45.6 Å². The SMILES string of the molecule is CCN(CCO)c1nccc(N2CC[C@@H](Oc3ccc([C@H](C)CC(C)=O)cc3)C2)n1. The van der Waals surface area contributed by atoms with Crippen molar-refractivity contribution < 1.29 is 14.6 Å². The second-order valence-corrected chi connectivity index (χ2v) is 7.87. The van der Waals surface area contributed by atoms with E-state index in [1.165, 1.54) is 0 Å². The summed E-state index contributed by atoms with van der Waals surface area (Å²) in [6.07, 6.45) is 3.36. The van der Waals surface area contributed by atoms with Crippen LogP contribution in [-0.4, -0.2) is 59.7 Å². The number of rotatable bonds is 10. The number of Topliss-reactive ketones (excluding diaryl/α,β-unsaturated/α-hetero) is 1. The number of carbonyl (C=O) groups is 1. The molecule has 0 bridgehead atoms. The monoisotopic (exact) mass is 412 g/mol. The van der Waals surface area contributed by atoms with Crippen LogP contribution < -0.4 is 14.5 Å². The standard InChI is InChI=1S/C23H32N4O3/c1-4-26(13-14-28)23-24-11-9-22(25-23)27-12-10-21(16-27)30-20-7-5-19(6-8-20)17(2)15-18(3)29/h5-9,11,17,21,28H,4,10,12-16H2,1-3H3/t17-,21-/m1/s1. The first-order valence-corrected chi connectivity index (χ1v) is 10.7. The average molecular weight is 413 g/mol. The number of aromatic nitrogens is 2. The third-order valence-corrected chi connectivity index (χ3v) is 5.48. The molecule has 0 amide bonds. The second kappa shape index (κ2) is 10.4. The number of hydrogen-bond acceptors (Lipinski definition) is 7. The molecule has 1 aromatic heterocycles. The van der Waals surface area contributed by atoms with Crippen LogP contribution in [0, 0.1) is 0 Å². The van der Waals surface area contributed by atoms with Crippen LogP contribution in [0.25, 0.3) is 0 Å². The quantitative estimate of drug-likeness (QED) is 0.642. The molecule has 30 heavy (non-hydrogen) atoms. The Kier molecular flexibility index (Phi) is 7.63.